The van der Waals surface area contributed by atoms with Gasteiger partial charge in [-0.15, -0.1) is 0 Å². The number of para-hydroxylation sites is 1. The van der Waals surface area contributed by atoms with Crippen molar-refractivity contribution in [3.05, 3.63) is 71.8 Å². The first kappa shape index (κ1) is 21.8. The van der Waals surface area contributed by atoms with E-state index in [4.69, 9.17) is 4.74 Å². The Labute approximate surface area is 181 Å². The predicted molar refractivity (Wildman–Crippen MR) is 121 cm³/mol. The summed E-state index contributed by atoms with van der Waals surface area (Å²) in [4.78, 5) is 28.6. The summed E-state index contributed by atoms with van der Waals surface area (Å²) < 4.78 is 5.11. The van der Waals surface area contributed by atoms with Crippen molar-refractivity contribution in [2.75, 3.05) is 12.4 Å². The van der Waals surface area contributed by atoms with Crippen molar-refractivity contribution in [2.24, 2.45) is 0 Å². The Morgan fingerprint density at radius 3 is 2.63 bits per heavy atom. The van der Waals surface area contributed by atoms with Gasteiger partial charge in [-0.25, -0.2) is 4.98 Å². The minimum absolute atomic E-state index is 0.00978. The van der Waals surface area contributed by atoms with E-state index in [2.05, 4.69) is 22.4 Å². The molecule has 0 bridgehead atoms. The molecule has 6 heteroatoms. The average Bonchev–Trinajstić information content (AvgIpc) is 2.75. The summed E-state index contributed by atoms with van der Waals surface area (Å²) >= 11 is 1.31. The van der Waals surface area contributed by atoms with Crippen LogP contribution in [0.5, 0.6) is 0 Å². The van der Waals surface area contributed by atoms with Gasteiger partial charge < -0.3 is 10.1 Å². The number of fused-ring (bicyclic) bond motifs is 1. The number of rotatable bonds is 9. The van der Waals surface area contributed by atoms with Crippen LogP contribution in [0.15, 0.2) is 65.7 Å². The van der Waals surface area contributed by atoms with Crippen LogP contribution in [-0.4, -0.2) is 35.3 Å². The number of esters is 1. The van der Waals surface area contributed by atoms with E-state index >= 15 is 0 Å². The summed E-state index contributed by atoms with van der Waals surface area (Å²) in [6.07, 6.45) is 1.71. The van der Waals surface area contributed by atoms with Crippen molar-refractivity contribution in [3.63, 3.8) is 0 Å². The molecule has 30 heavy (non-hydrogen) atoms. The highest BCUT2D eigenvalue weighted by molar-refractivity contribution is 7.99. The molecule has 0 aliphatic carbocycles. The number of hydrogen-bond acceptors (Lipinski definition) is 5. The van der Waals surface area contributed by atoms with Crippen molar-refractivity contribution in [3.8, 4) is 0 Å². The zero-order valence-corrected chi connectivity index (χ0v) is 18.1. The Kier molecular flexibility index (Phi) is 7.85. The highest BCUT2D eigenvalue weighted by atomic mass is 32.2. The van der Waals surface area contributed by atoms with E-state index in [-0.39, 0.29) is 24.3 Å². The maximum atomic E-state index is 12.0. The molecule has 1 amide bonds. The Morgan fingerprint density at radius 2 is 1.83 bits per heavy atom. The molecule has 0 radical (unpaired) electrons. The summed E-state index contributed by atoms with van der Waals surface area (Å²) in [5, 5.41) is 4.74. The zero-order chi connectivity index (χ0) is 21.3. The van der Waals surface area contributed by atoms with E-state index in [0.717, 1.165) is 34.3 Å². The molecule has 0 fully saturated rings. The molecule has 0 saturated heterocycles. The third kappa shape index (κ3) is 6.59. The topological polar surface area (TPSA) is 68.3 Å². The smallest absolute Gasteiger partial charge is 0.316 e. The number of hydrogen-bond donors (Lipinski definition) is 1. The number of aryl methyl sites for hydroxylation is 2. The second-order valence-corrected chi connectivity index (χ2v) is 8.23. The number of carbonyl (C=O) groups excluding carboxylic acids is 2. The summed E-state index contributed by atoms with van der Waals surface area (Å²) in [6.45, 7) is 3.71. The van der Waals surface area contributed by atoms with Gasteiger partial charge in [0.15, 0.2) is 6.61 Å². The Bertz CT molecular complexity index is 1010. The lowest BCUT2D eigenvalue weighted by Crippen LogP contribution is -2.36. The SMILES string of the molecule is Cc1cc(SCC(=O)OCC(=O)N[C@@H](C)CCc2ccccc2)nc2ccccc12. The van der Waals surface area contributed by atoms with E-state index in [0.29, 0.717) is 0 Å². The summed E-state index contributed by atoms with van der Waals surface area (Å²) in [7, 11) is 0. The number of aromatic nitrogens is 1. The Balaban J connectivity index is 1.38. The number of ether oxygens (including phenoxy) is 1. The molecule has 0 spiro atoms. The molecule has 3 aromatic rings. The number of nitrogens with one attached hydrogen (secondary N) is 1. The van der Waals surface area contributed by atoms with Gasteiger partial charge in [-0.3, -0.25) is 9.59 Å². The van der Waals surface area contributed by atoms with Crippen LogP contribution in [0.3, 0.4) is 0 Å². The van der Waals surface area contributed by atoms with Gasteiger partial charge in [0, 0.05) is 11.4 Å². The van der Waals surface area contributed by atoms with E-state index in [9.17, 15) is 9.59 Å². The fourth-order valence-corrected chi connectivity index (χ4v) is 3.90. The van der Waals surface area contributed by atoms with Gasteiger partial charge in [0.05, 0.1) is 16.3 Å². The lowest BCUT2D eigenvalue weighted by Gasteiger charge is -2.14. The monoisotopic (exact) mass is 422 g/mol. The molecule has 3 rings (SSSR count). The summed E-state index contributed by atoms with van der Waals surface area (Å²) in [5.74, 6) is -0.602. The Hall–Kier alpha value is -2.86. The standard InChI is InChI=1S/C24H26N2O3S/c1-17-14-23(26-21-11-7-6-10-20(17)21)30-16-24(28)29-15-22(27)25-18(2)12-13-19-8-4-3-5-9-19/h3-11,14,18H,12-13,15-16H2,1-2H3,(H,25,27)/t18-/m0/s1. The molecule has 5 nitrogen and oxygen atoms in total. The number of nitrogens with zero attached hydrogens (tertiary/aromatic N) is 1. The van der Waals surface area contributed by atoms with Crippen LogP contribution in [0.2, 0.25) is 0 Å². The third-order valence-electron chi connectivity index (χ3n) is 4.72. The molecule has 1 N–H and O–H groups in total. The van der Waals surface area contributed by atoms with Gasteiger partial charge in [-0.05, 0) is 49.9 Å². The van der Waals surface area contributed by atoms with Crippen LogP contribution in [0, 0.1) is 6.92 Å². The van der Waals surface area contributed by atoms with Gasteiger partial charge in [-0.1, -0.05) is 60.3 Å². The molecule has 0 unspecified atom stereocenters. The van der Waals surface area contributed by atoms with Crippen LogP contribution in [0.25, 0.3) is 10.9 Å². The maximum absolute atomic E-state index is 12.0. The van der Waals surface area contributed by atoms with Gasteiger partial charge in [-0.2, -0.15) is 0 Å². The molecule has 0 saturated carbocycles. The first-order valence-electron chi connectivity index (χ1n) is 9.99. The summed E-state index contributed by atoms with van der Waals surface area (Å²) in [6, 6.07) is 20.0. The van der Waals surface area contributed by atoms with Crippen LogP contribution >= 0.6 is 11.8 Å². The molecule has 0 aliphatic heterocycles. The van der Waals surface area contributed by atoms with Crippen molar-refractivity contribution in [1.29, 1.82) is 0 Å². The van der Waals surface area contributed by atoms with E-state index in [1.54, 1.807) is 0 Å². The second kappa shape index (κ2) is 10.8. The van der Waals surface area contributed by atoms with Crippen LogP contribution in [0.4, 0.5) is 0 Å². The van der Waals surface area contributed by atoms with Crippen LogP contribution in [0.1, 0.15) is 24.5 Å². The van der Waals surface area contributed by atoms with Crippen molar-refractivity contribution in [2.45, 2.75) is 37.8 Å². The first-order chi connectivity index (χ1) is 14.5. The Morgan fingerprint density at radius 1 is 1.10 bits per heavy atom. The van der Waals surface area contributed by atoms with Gasteiger partial charge in [0.25, 0.3) is 5.91 Å². The third-order valence-corrected chi connectivity index (χ3v) is 5.60. The number of carbonyl (C=O) groups is 2. The zero-order valence-electron chi connectivity index (χ0n) is 17.3. The highest BCUT2D eigenvalue weighted by Crippen LogP contribution is 2.23. The first-order valence-corrected chi connectivity index (χ1v) is 11.0. The largest absolute Gasteiger partial charge is 0.455 e. The second-order valence-electron chi connectivity index (χ2n) is 7.24. The molecule has 0 aliphatic rings. The van der Waals surface area contributed by atoms with E-state index in [1.165, 1.54) is 17.3 Å². The van der Waals surface area contributed by atoms with Crippen LogP contribution in [-0.2, 0) is 20.7 Å². The van der Waals surface area contributed by atoms with Crippen molar-refractivity contribution < 1.29 is 14.3 Å². The van der Waals surface area contributed by atoms with Crippen molar-refractivity contribution in [1.82, 2.24) is 10.3 Å². The van der Waals surface area contributed by atoms with Crippen molar-refractivity contribution >= 4 is 34.5 Å². The predicted octanol–water partition coefficient (Wildman–Crippen LogP) is 4.32. The molecule has 156 valence electrons. The van der Waals surface area contributed by atoms with Gasteiger partial charge in [0.2, 0.25) is 0 Å². The van der Waals surface area contributed by atoms with Gasteiger partial charge >= 0.3 is 5.97 Å². The molecule has 1 aromatic heterocycles. The average molecular weight is 423 g/mol. The molecular formula is C24H26N2O3S. The quantitative estimate of drug-likeness (QED) is 0.411. The lowest BCUT2D eigenvalue weighted by atomic mass is 10.1. The molecular weight excluding hydrogens is 396 g/mol. The normalized spacial score (nSPS) is 11.8. The fourth-order valence-electron chi connectivity index (χ4n) is 3.13. The number of pyridine rings is 1. The van der Waals surface area contributed by atoms with Crippen LogP contribution < -0.4 is 5.32 Å². The number of benzene rings is 2. The molecule has 1 atom stereocenters. The van der Waals surface area contributed by atoms with E-state index < -0.39 is 5.97 Å². The fraction of sp³-hybridized carbons (Fsp3) is 0.292. The van der Waals surface area contributed by atoms with E-state index in [1.807, 2.05) is 62.4 Å². The highest BCUT2D eigenvalue weighted by Gasteiger charge is 2.12. The maximum Gasteiger partial charge on any atom is 0.316 e. The summed E-state index contributed by atoms with van der Waals surface area (Å²) in [5.41, 5.74) is 3.25. The number of amides is 1. The molecule has 1 heterocycles. The lowest BCUT2D eigenvalue weighted by molar-refractivity contribution is -0.146. The van der Waals surface area contributed by atoms with Gasteiger partial charge in [0.1, 0.15) is 0 Å². The minimum Gasteiger partial charge on any atom is -0.455 e. The molecule has 2 aromatic carbocycles. The minimum atomic E-state index is -0.431. The number of thioether (sulfide) groups is 1.